The number of rotatable bonds is 5. The summed E-state index contributed by atoms with van der Waals surface area (Å²) in [5, 5.41) is 3.35. The largest absolute Gasteiger partial charge is 0.416 e. The van der Waals surface area contributed by atoms with Crippen molar-refractivity contribution in [2.24, 2.45) is 11.8 Å². The van der Waals surface area contributed by atoms with Crippen LogP contribution in [0, 0.1) is 11.8 Å². The normalized spacial score (nSPS) is 19.0. The minimum Gasteiger partial charge on any atom is -0.341 e. The first-order chi connectivity index (χ1) is 11.3. The molecule has 1 aromatic carbocycles. The maximum atomic E-state index is 12.8. The maximum absolute atomic E-state index is 12.8. The summed E-state index contributed by atoms with van der Waals surface area (Å²) in [5.41, 5.74) is -0.185. The Hall–Kier alpha value is -1.27. The fourth-order valence-electron chi connectivity index (χ4n) is 3.17. The third kappa shape index (κ3) is 6.51. The van der Waals surface area contributed by atoms with Crippen LogP contribution in [0.15, 0.2) is 24.3 Å². The van der Waals surface area contributed by atoms with Gasteiger partial charge >= 0.3 is 6.18 Å². The number of halogens is 4. The Morgan fingerprint density at radius 1 is 1.40 bits per heavy atom. The lowest BCUT2D eigenvalue weighted by Gasteiger charge is -2.29. The van der Waals surface area contributed by atoms with Crippen molar-refractivity contribution in [1.82, 2.24) is 10.2 Å². The summed E-state index contributed by atoms with van der Waals surface area (Å²) in [4.78, 5) is 13.9. The zero-order chi connectivity index (χ0) is 17.7. The van der Waals surface area contributed by atoms with E-state index in [2.05, 4.69) is 12.2 Å². The van der Waals surface area contributed by atoms with Crippen LogP contribution in [0.2, 0.25) is 0 Å². The minimum atomic E-state index is -4.36. The number of benzene rings is 1. The van der Waals surface area contributed by atoms with Crippen molar-refractivity contribution in [3.05, 3.63) is 35.4 Å². The fraction of sp³-hybridized carbons (Fsp3) is 0.611. The molecule has 2 atom stereocenters. The van der Waals surface area contributed by atoms with Crippen molar-refractivity contribution in [3.63, 3.8) is 0 Å². The van der Waals surface area contributed by atoms with Gasteiger partial charge in [0.15, 0.2) is 0 Å². The van der Waals surface area contributed by atoms with Crippen LogP contribution in [-0.2, 0) is 17.5 Å². The highest BCUT2D eigenvalue weighted by atomic mass is 35.5. The summed E-state index contributed by atoms with van der Waals surface area (Å²) in [6, 6.07) is 5.15. The van der Waals surface area contributed by atoms with Crippen molar-refractivity contribution in [2.45, 2.75) is 38.9 Å². The standard InChI is InChI=1S/C18H25F3N2O.ClH/c1-13(15-6-4-8-22-11-15)9-17(24)23(2)12-14-5-3-7-16(10-14)18(19,20)21;/h3,5,7,10,13,15,22H,4,6,8-9,11-12H2,1-2H3;1H. The quantitative estimate of drug-likeness (QED) is 0.836. The Bertz CT molecular complexity index is 559. The topological polar surface area (TPSA) is 32.3 Å². The molecule has 0 saturated carbocycles. The van der Waals surface area contributed by atoms with E-state index in [4.69, 9.17) is 0 Å². The smallest absolute Gasteiger partial charge is 0.341 e. The molecule has 1 amide bonds. The van der Waals surface area contributed by atoms with Crippen LogP contribution in [0.25, 0.3) is 0 Å². The number of carbonyl (C=O) groups is 1. The van der Waals surface area contributed by atoms with Gasteiger partial charge in [0, 0.05) is 20.0 Å². The average molecular weight is 379 g/mol. The first-order valence-corrected chi connectivity index (χ1v) is 8.38. The molecule has 2 unspecified atom stereocenters. The molecule has 1 fully saturated rings. The van der Waals surface area contributed by atoms with Crippen LogP contribution in [0.1, 0.15) is 37.3 Å². The van der Waals surface area contributed by atoms with E-state index in [0.29, 0.717) is 17.9 Å². The van der Waals surface area contributed by atoms with Gasteiger partial charge in [-0.1, -0.05) is 19.1 Å². The SMILES string of the molecule is CC(CC(=O)N(C)Cc1cccc(C(F)(F)F)c1)C1CCCNC1.Cl. The molecule has 0 aliphatic carbocycles. The Balaban J connectivity index is 0.00000312. The van der Waals surface area contributed by atoms with Crippen molar-refractivity contribution < 1.29 is 18.0 Å². The molecular weight excluding hydrogens is 353 g/mol. The number of nitrogens with zero attached hydrogens (tertiary/aromatic N) is 1. The maximum Gasteiger partial charge on any atom is 0.416 e. The second-order valence-corrected chi connectivity index (χ2v) is 6.74. The molecule has 1 aromatic rings. The van der Waals surface area contributed by atoms with Gasteiger partial charge < -0.3 is 10.2 Å². The van der Waals surface area contributed by atoms with E-state index >= 15 is 0 Å². The predicted molar refractivity (Wildman–Crippen MR) is 94.5 cm³/mol. The fourth-order valence-corrected chi connectivity index (χ4v) is 3.17. The first-order valence-electron chi connectivity index (χ1n) is 8.38. The van der Waals surface area contributed by atoms with Crippen LogP contribution in [-0.4, -0.2) is 30.9 Å². The molecule has 25 heavy (non-hydrogen) atoms. The van der Waals surface area contributed by atoms with E-state index < -0.39 is 11.7 Å². The highest BCUT2D eigenvalue weighted by Gasteiger charge is 2.30. The summed E-state index contributed by atoms with van der Waals surface area (Å²) >= 11 is 0. The summed E-state index contributed by atoms with van der Waals surface area (Å²) < 4.78 is 38.3. The number of alkyl halides is 3. The van der Waals surface area contributed by atoms with E-state index in [1.165, 1.54) is 11.0 Å². The zero-order valence-electron chi connectivity index (χ0n) is 14.6. The van der Waals surface area contributed by atoms with E-state index in [9.17, 15) is 18.0 Å². The summed E-state index contributed by atoms with van der Waals surface area (Å²) in [6.45, 7) is 4.24. The average Bonchev–Trinajstić information content (AvgIpc) is 2.55. The third-order valence-corrected chi connectivity index (χ3v) is 4.74. The summed E-state index contributed by atoms with van der Waals surface area (Å²) in [5.74, 6) is 0.740. The Kier molecular flexibility index (Phi) is 8.22. The van der Waals surface area contributed by atoms with E-state index in [0.717, 1.165) is 38.1 Å². The number of carbonyl (C=O) groups excluding carboxylic acids is 1. The molecule has 7 heteroatoms. The number of amides is 1. The summed E-state index contributed by atoms with van der Waals surface area (Å²) in [7, 11) is 1.65. The number of hydrogen-bond acceptors (Lipinski definition) is 2. The van der Waals surface area contributed by atoms with Gasteiger partial charge in [0.2, 0.25) is 5.91 Å². The molecule has 1 heterocycles. The molecule has 3 nitrogen and oxygen atoms in total. The zero-order valence-corrected chi connectivity index (χ0v) is 15.4. The molecule has 1 N–H and O–H groups in total. The predicted octanol–water partition coefficient (Wildman–Crippen LogP) is 4.11. The van der Waals surface area contributed by atoms with Crippen LogP contribution >= 0.6 is 12.4 Å². The monoisotopic (exact) mass is 378 g/mol. The minimum absolute atomic E-state index is 0. The highest BCUT2D eigenvalue weighted by Crippen LogP contribution is 2.30. The van der Waals surface area contributed by atoms with Crippen molar-refractivity contribution in [1.29, 1.82) is 0 Å². The van der Waals surface area contributed by atoms with Gasteiger partial charge in [-0.15, -0.1) is 12.4 Å². The molecule has 142 valence electrons. The van der Waals surface area contributed by atoms with Crippen LogP contribution < -0.4 is 5.32 Å². The number of hydrogen-bond donors (Lipinski definition) is 1. The Labute approximate surface area is 153 Å². The van der Waals surface area contributed by atoms with Gasteiger partial charge in [0.05, 0.1) is 5.56 Å². The van der Waals surface area contributed by atoms with Gasteiger partial charge in [-0.3, -0.25) is 4.79 Å². The lowest BCUT2D eigenvalue weighted by Crippen LogP contribution is -2.36. The molecule has 1 aliphatic rings. The first kappa shape index (κ1) is 21.8. The van der Waals surface area contributed by atoms with Crippen molar-refractivity contribution in [2.75, 3.05) is 20.1 Å². The lowest BCUT2D eigenvalue weighted by molar-refractivity contribution is -0.137. The van der Waals surface area contributed by atoms with E-state index in [1.54, 1.807) is 13.1 Å². The Morgan fingerprint density at radius 2 is 2.12 bits per heavy atom. The number of nitrogens with one attached hydrogen (secondary N) is 1. The van der Waals surface area contributed by atoms with Gasteiger partial charge in [0.1, 0.15) is 0 Å². The molecule has 0 bridgehead atoms. The highest BCUT2D eigenvalue weighted by molar-refractivity contribution is 5.85. The van der Waals surface area contributed by atoms with Gasteiger partial charge in [0.25, 0.3) is 0 Å². The Morgan fingerprint density at radius 3 is 2.72 bits per heavy atom. The van der Waals surface area contributed by atoms with Gasteiger partial charge in [-0.25, -0.2) is 0 Å². The van der Waals surface area contributed by atoms with Gasteiger partial charge in [-0.2, -0.15) is 13.2 Å². The molecular formula is C18H26ClF3N2O. The van der Waals surface area contributed by atoms with E-state index in [1.807, 2.05) is 0 Å². The number of piperidine rings is 1. The van der Waals surface area contributed by atoms with Crippen LogP contribution in [0.3, 0.4) is 0 Å². The second kappa shape index (κ2) is 9.43. The molecule has 2 rings (SSSR count). The molecule has 1 saturated heterocycles. The lowest BCUT2D eigenvalue weighted by atomic mass is 9.85. The third-order valence-electron chi connectivity index (χ3n) is 4.74. The van der Waals surface area contributed by atoms with E-state index in [-0.39, 0.29) is 30.8 Å². The van der Waals surface area contributed by atoms with Crippen LogP contribution in [0.5, 0.6) is 0 Å². The molecule has 0 spiro atoms. The van der Waals surface area contributed by atoms with Crippen molar-refractivity contribution in [3.8, 4) is 0 Å². The molecule has 0 aromatic heterocycles. The van der Waals surface area contributed by atoms with Gasteiger partial charge in [-0.05, 0) is 55.5 Å². The summed E-state index contributed by atoms with van der Waals surface area (Å²) in [6.07, 6.45) is -1.68. The second-order valence-electron chi connectivity index (χ2n) is 6.74. The van der Waals surface area contributed by atoms with Crippen LogP contribution in [0.4, 0.5) is 13.2 Å². The molecule has 0 radical (unpaired) electrons. The van der Waals surface area contributed by atoms with Crippen molar-refractivity contribution >= 4 is 18.3 Å². The molecule has 1 aliphatic heterocycles.